The molecule has 0 aromatic carbocycles. The highest BCUT2D eigenvalue weighted by Gasteiger charge is 2.28. The third-order valence-electron chi connectivity index (χ3n) is 3.07. The van der Waals surface area contributed by atoms with Gasteiger partial charge in [0.1, 0.15) is 5.78 Å². The van der Waals surface area contributed by atoms with Crippen LogP contribution in [-0.4, -0.2) is 35.8 Å². The van der Waals surface area contributed by atoms with Crippen molar-refractivity contribution in [3.8, 4) is 0 Å². The number of rotatable bonds is 1. The predicted molar refractivity (Wildman–Crippen MR) is 52.0 cm³/mol. The van der Waals surface area contributed by atoms with E-state index >= 15 is 0 Å². The van der Waals surface area contributed by atoms with Crippen LogP contribution in [0.4, 0.5) is 4.79 Å². The van der Waals surface area contributed by atoms with Gasteiger partial charge in [-0.3, -0.25) is 4.79 Å². The second-order valence-electron chi connectivity index (χ2n) is 4.05. The molecular formula is C10H16N2O2. The number of Topliss-reactive ketones (excluding diaryl/α,β-unsaturated/α-hetero) is 1. The third kappa shape index (κ3) is 1.89. The summed E-state index contributed by atoms with van der Waals surface area (Å²) >= 11 is 0. The highest BCUT2D eigenvalue weighted by atomic mass is 16.2. The molecule has 2 fully saturated rings. The van der Waals surface area contributed by atoms with E-state index in [9.17, 15) is 9.59 Å². The SMILES string of the molecule is O=C1CCC(N2CCCNC2=O)CC1. The van der Waals surface area contributed by atoms with Gasteiger partial charge in [0.15, 0.2) is 0 Å². The maximum absolute atomic E-state index is 11.5. The van der Waals surface area contributed by atoms with Crippen LogP contribution in [0.5, 0.6) is 0 Å². The zero-order chi connectivity index (χ0) is 9.97. The molecule has 78 valence electrons. The molecule has 1 aliphatic heterocycles. The summed E-state index contributed by atoms with van der Waals surface area (Å²) in [5.74, 6) is 0.346. The van der Waals surface area contributed by atoms with Gasteiger partial charge in [-0.05, 0) is 19.3 Å². The molecule has 0 radical (unpaired) electrons. The average Bonchev–Trinajstić information content (AvgIpc) is 2.20. The van der Waals surface area contributed by atoms with Gasteiger partial charge in [0.25, 0.3) is 0 Å². The van der Waals surface area contributed by atoms with Crippen LogP contribution in [0.1, 0.15) is 32.1 Å². The van der Waals surface area contributed by atoms with Crippen LogP contribution in [0.3, 0.4) is 0 Å². The van der Waals surface area contributed by atoms with E-state index in [0.29, 0.717) is 24.7 Å². The van der Waals surface area contributed by atoms with E-state index in [2.05, 4.69) is 5.32 Å². The van der Waals surface area contributed by atoms with Crippen LogP contribution < -0.4 is 5.32 Å². The van der Waals surface area contributed by atoms with Gasteiger partial charge in [0.05, 0.1) is 0 Å². The Labute approximate surface area is 83.6 Å². The summed E-state index contributed by atoms with van der Waals surface area (Å²) in [5.41, 5.74) is 0. The van der Waals surface area contributed by atoms with Gasteiger partial charge in [-0.2, -0.15) is 0 Å². The van der Waals surface area contributed by atoms with E-state index < -0.39 is 0 Å². The van der Waals surface area contributed by atoms with Crippen molar-refractivity contribution >= 4 is 11.8 Å². The number of amides is 2. The summed E-state index contributed by atoms with van der Waals surface area (Å²) in [7, 11) is 0. The first-order valence-corrected chi connectivity index (χ1v) is 5.33. The number of urea groups is 1. The molecule has 2 rings (SSSR count). The number of hydrogen-bond donors (Lipinski definition) is 1. The van der Waals surface area contributed by atoms with Crippen LogP contribution in [0.15, 0.2) is 0 Å². The second kappa shape index (κ2) is 3.98. The Kier molecular flexibility index (Phi) is 2.70. The Morgan fingerprint density at radius 3 is 2.57 bits per heavy atom. The molecule has 1 heterocycles. The topological polar surface area (TPSA) is 49.4 Å². The Hall–Kier alpha value is -1.06. The fourth-order valence-electron chi connectivity index (χ4n) is 2.23. The van der Waals surface area contributed by atoms with Crippen LogP contribution in [0.25, 0.3) is 0 Å². The molecule has 2 aliphatic rings. The summed E-state index contributed by atoms with van der Waals surface area (Å²) in [6.45, 7) is 1.64. The molecule has 2 amide bonds. The average molecular weight is 196 g/mol. The maximum atomic E-state index is 11.5. The monoisotopic (exact) mass is 196 g/mol. The number of carbonyl (C=O) groups excluding carboxylic acids is 2. The van der Waals surface area contributed by atoms with Crippen molar-refractivity contribution in [1.82, 2.24) is 10.2 Å². The van der Waals surface area contributed by atoms with Gasteiger partial charge in [0, 0.05) is 32.0 Å². The predicted octanol–water partition coefficient (Wildman–Crippen LogP) is 0.913. The summed E-state index contributed by atoms with van der Waals surface area (Å²) in [4.78, 5) is 24.5. The molecule has 4 nitrogen and oxygen atoms in total. The second-order valence-corrected chi connectivity index (χ2v) is 4.05. The normalized spacial score (nSPS) is 25.0. The number of nitrogens with zero attached hydrogens (tertiary/aromatic N) is 1. The largest absolute Gasteiger partial charge is 0.338 e. The molecule has 0 unspecified atom stereocenters. The fraction of sp³-hybridized carbons (Fsp3) is 0.800. The van der Waals surface area contributed by atoms with E-state index in [1.54, 1.807) is 0 Å². The van der Waals surface area contributed by atoms with Crippen molar-refractivity contribution < 1.29 is 9.59 Å². The molecular weight excluding hydrogens is 180 g/mol. The number of ketones is 1. The van der Waals surface area contributed by atoms with Crippen molar-refractivity contribution in [2.24, 2.45) is 0 Å². The van der Waals surface area contributed by atoms with E-state index in [0.717, 1.165) is 32.4 Å². The lowest BCUT2D eigenvalue weighted by Crippen LogP contribution is -2.52. The number of carbonyl (C=O) groups is 2. The molecule has 14 heavy (non-hydrogen) atoms. The molecule has 0 aromatic heterocycles. The summed E-state index contributed by atoms with van der Waals surface area (Å²) < 4.78 is 0. The first kappa shape index (κ1) is 9.49. The Morgan fingerprint density at radius 1 is 1.21 bits per heavy atom. The van der Waals surface area contributed by atoms with Crippen LogP contribution in [-0.2, 0) is 4.79 Å². The Bertz CT molecular complexity index is 243. The Morgan fingerprint density at radius 2 is 1.93 bits per heavy atom. The van der Waals surface area contributed by atoms with Gasteiger partial charge in [0.2, 0.25) is 0 Å². The van der Waals surface area contributed by atoms with Gasteiger partial charge >= 0.3 is 6.03 Å². The molecule has 4 heteroatoms. The number of hydrogen-bond acceptors (Lipinski definition) is 2. The van der Waals surface area contributed by atoms with Crippen LogP contribution >= 0.6 is 0 Å². The molecule has 1 aliphatic carbocycles. The zero-order valence-electron chi connectivity index (χ0n) is 8.29. The fourth-order valence-corrected chi connectivity index (χ4v) is 2.23. The minimum atomic E-state index is 0.0515. The molecule has 0 atom stereocenters. The zero-order valence-corrected chi connectivity index (χ0v) is 8.29. The quantitative estimate of drug-likeness (QED) is 0.677. The van der Waals surface area contributed by atoms with Crippen molar-refractivity contribution in [2.45, 2.75) is 38.1 Å². The minimum Gasteiger partial charge on any atom is -0.338 e. The Balaban J connectivity index is 1.93. The van der Waals surface area contributed by atoms with Crippen molar-refractivity contribution in [2.75, 3.05) is 13.1 Å². The van der Waals surface area contributed by atoms with Crippen molar-refractivity contribution in [1.29, 1.82) is 0 Å². The van der Waals surface area contributed by atoms with Crippen molar-refractivity contribution in [3.05, 3.63) is 0 Å². The molecule has 0 aromatic rings. The standard InChI is InChI=1S/C10H16N2O2/c13-9-4-2-8(3-5-9)12-7-1-6-11-10(12)14/h8H,1-7H2,(H,11,14). The molecule has 1 saturated heterocycles. The van der Waals surface area contributed by atoms with Gasteiger partial charge in [-0.25, -0.2) is 4.79 Å². The van der Waals surface area contributed by atoms with Gasteiger partial charge in [-0.15, -0.1) is 0 Å². The van der Waals surface area contributed by atoms with E-state index in [1.807, 2.05) is 4.90 Å². The number of nitrogens with one attached hydrogen (secondary N) is 1. The molecule has 1 N–H and O–H groups in total. The van der Waals surface area contributed by atoms with E-state index in [1.165, 1.54) is 0 Å². The third-order valence-corrected chi connectivity index (χ3v) is 3.07. The summed E-state index contributed by atoms with van der Waals surface area (Å²) in [6, 6.07) is 0.351. The van der Waals surface area contributed by atoms with Crippen LogP contribution in [0.2, 0.25) is 0 Å². The van der Waals surface area contributed by atoms with Crippen LogP contribution in [0, 0.1) is 0 Å². The highest BCUT2D eigenvalue weighted by Crippen LogP contribution is 2.21. The lowest BCUT2D eigenvalue weighted by atomic mass is 9.93. The summed E-state index contributed by atoms with van der Waals surface area (Å²) in [6.07, 6.45) is 4.03. The first-order chi connectivity index (χ1) is 6.77. The summed E-state index contributed by atoms with van der Waals surface area (Å²) in [5, 5.41) is 2.84. The highest BCUT2D eigenvalue weighted by molar-refractivity contribution is 5.80. The molecule has 0 bridgehead atoms. The first-order valence-electron chi connectivity index (χ1n) is 5.33. The van der Waals surface area contributed by atoms with E-state index in [-0.39, 0.29) is 6.03 Å². The molecule has 1 saturated carbocycles. The maximum Gasteiger partial charge on any atom is 0.317 e. The van der Waals surface area contributed by atoms with Crippen molar-refractivity contribution in [3.63, 3.8) is 0 Å². The minimum absolute atomic E-state index is 0.0515. The van der Waals surface area contributed by atoms with Gasteiger partial charge in [-0.1, -0.05) is 0 Å². The van der Waals surface area contributed by atoms with Gasteiger partial charge < -0.3 is 10.2 Å². The molecule has 0 spiro atoms. The smallest absolute Gasteiger partial charge is 0.317 e. The lowest BCUT2D eigenvalue weighted by Gasteiger charge is -2.36. The lowest BCUT2D eigenvalue weighted by molar-refractivity contribution is -0.121. The van der Waals surface area contributed by atoms with E-state index in [4.69, 9.17) is 0 Å².